The average molecular weight is 292 g/mol. The molecular weight excluding hydrogens is 276 g/mol. The lowest BCUT2D eigenvalue weighted by Crippen LogP contribution is -2.46. The van der Waals surface area contributed by atoms with Crippen LogP contribution in [-0.4, -0.2) is 56.7 Å². The Morgan fingerprint density at radius 1 is 1.52 bits per heavy atom. The number of imidazole rings is 1. The quantitative estimate of drug-likeness (QED) is 0.649. The first kappa shape index (κ1) is 13.9. The second-order valence-electron chi connectivity index (χ2n) is 4.95. The van der Waals surface area contributed by atoms with Crippen LogP contribution in [0.5, 0.6) is 0 Å². The molecule has 0 bridgehead atoms. The van der Waals surface area contributed by atoms with Gasteiger partial charge < -0.3 is 20.0 Å². The van der Waals surface area contributed by atoms with Crippen molar-refractivity contribution in [2.75, 3.05) is 26.4 Å². The zero-order valence-electron chi connectivity index (χ0n) is 11.4. The van der Waals surface area contributed by atoms with E-state index in [0.717, 1.165) is 0 Å². The fraction of sp³-hybridized carbons (Fsp3) is 0.462. The molecule has 1 saturated heterocycles. The van der Waals surface area contributed by atoms with Crippen molar-refractivity contribution >= 4 is 11.5 Å². The molecule has 1 fully saturated rings. The number of aliphatic hydroxyl groups excluding tert-OH is 1. The number of nitrogens with zero attached hydrogens (tertiary/aromatic N) is 4. The predicted molar refractivity (Wildman–Crippen MR) is 73.9 cm³/mol. The van der Waals surface area contributed by atoms with E-state index in [0.29, 0.717) is 37.6 Å². The van der Waals surface area contributed by atoms with Crippen molar-refractivity contribution in [1.82, 2.24) is 14.3 Å². The Kier molecular flexibility index (Phi) is 3.82. The predicted octanol–water partition coefficient (Wildman–Crippen LogP) is 0.436. The number of pyridine rings is 1. The molecule has 8 heteroatoms. The van der Waals surface area contributed by atoms with E-state index in [-0.39, 0.29) is 18.5 Å². The molecule has 3 heterocycles. The Hall–Kier alpha value is -2.03. The van der Waals surface area contributed by atoms with Gasteiger partial charge in [0.05, 0.1) is 32.1 Å². The van der Waals surface area contributed by atoms with Gasteiger partial charge in [-0.1, -0.05) is 6.07 Å². The molecule has 0 spiro atoms. The number of fused-ring (bicyclic) bond motifs is 1. The molecule has 1 aliphatic rings. The van der Waals surface area contributed by atoms with Crippen LogP contribution in [0.25, 0.3) is 5.65 Å². The van der Waals surface area contributed by atoms with E-state index in [9.17, 15) is 15.2 Å². The molecule has 1 N–H and O–H groups in total. The van der Waals surface area contributed by atoms with Crippen molar-refractivity contribution in [1.29, 1.82) is 0 Å². The lowest BCUT2D eigenvalue weighted by Gasteiger charge is -2.33. The smallest absolute Gasteiger partial charge is 0.352 e. The zero-order valence-corrected chi connectivity index (χ0v) is 11.4. The van der Waals surface area contributed by atoms with Gasteiger partial charge in [-0.25, -0.2) is 4.98 Å². The SMILES string of the molecule is O=[N+]([O-])c1c(CN2CCOCC2CO)nc2ccccn12. The maximum atomic E-state index is 11.3. The fourth-order valence-electron chi connectivity index (χ4n) is 2.59. The molecule has 1 unspecified atom stereocenters. The van der Waals surface area contributed by atoms with Crippen LogP contribution in [0.1, 0.15) is 5.69 Å². The lowest BCUT2D eigenvalue weighted by molar-refractivity contribution is -0.391. The highest BCUT2D eigenvalue weighted by atomic mass is 16.6. The summed E-state index contributed by atoms with van der Waals surface area (Å²) in [6.07, 6.45) is 1.63. The van der Waals surface area contributed by atoms with Gasteiger partial charge in [0.15, 0.2) is 5.69 Å². The van der Waals surface area contributed by atoms with Crippen LogP contribution in [0.2, 0.25) is 0 Å². The van der Waals surface area contributed by atoms with E-state index in [1.165, 1.54) is 4.40 Å². The summed E-state index contributed by atoms with van der Waals surface area (Å²) >= 11 is 0. The standard InChI is InChI=1S/C13H16N4O4/c18-8-10-9-21-6-5-15(10)7-11-13(17(19)20)16-4-2-1-3-12(16)14-11/h1-4,10,18H,5-9H2. The minimum absolute atomic E-state index is 0.0196. The molecule has 1 aliphatic heterocycles. The van der Waals surface area contributed by atoms with Crippen LogP contribution in [0.3, 0.4) is 0 Å². The van der Waals surface area contributed by atoms with Gasteiger partial charge in [-0.3, -0.25) is 4.90 Å². The highest BCUT2D eigenvalue weighted by Gasteiger charge is 2.28. The molecular formula is C13H16N4O4. The highest BCUT2D eigenvalue weighted by Crippen LogP contribution is 2.23. The van der Waals surface area contributed by atoms with Crippen molar-refractivity contribution < 1.29 is 14.8 Å². The average Bonchev–Trinajstić information content (AvgIpc) is 2.85. The van der Waals surface area contributed by atoms with Gasteiger partial charge in [-0.05, 0) is 11.0 Å². The topological polar surface area (TPSA) is 93.1 Å². The van der Waals surface area contributed by atoms with E-state index in [1.807, 2.05) is 4.90 Å². The highest BCUT2D eigenvalue weighted by molar-refractivity contribution is 5.48. The van der Waals surface area contributed by atoms with Crippen molar-refractivity contribution in [3.05, 3.63) is 40.2 Å². The molecule has 3 rings (SSSR count). The molecule has 0 amide bonds. The number of aromatic nitrogens is 2. The third-order valence-electron chi connectivity index (χ3n) is 3.66. The molecule has 21 heavy (non-hydrogen) atoms. The lowest BCUT2D eigenvalue weighted by atomic mass is 10.2. The largest absolute Gasteiger partial charge is 0.395 e. The summed E-state index contributed by atoms with van der Waals surface area (Å²) in [5, 5.41) is 20.7. The van der Waals surface area contributed by atoms with Gasteiger partial charge in [0.2, 0.25) is 5.65 Å². The fourth-order valence-corrected chi connectivity index (χ4v) is 2.59. The Labute approximate surface area is 120 Å². The second-order valence-corrected chi connectivity index (χ2v) is 4.95. The van der Waals surface area contributed by atoms with Gasteiger partial charge in [0.25, 0.3) is 0 Å². The van der Waals surface area contributed by atoms with E-state index >= 15 is 0 Å². The number of rotatable bonds is 4. The van der Waals surface area contributed by atoms with Gasteiger partial charge >= 0.3 is 5.82 Å². The minimum atomic E-state index is -0.413. The summed E-state index contributed by atoms with van der Waals surface area (Å²) < 4.78 is 6.79. The Morgan fingerprint density at radius 3 is 3.14 bits per heavy atom. The van der Waals surface area contributed by atoms with Crippen molar-refractivity contribution in [2.45, 2.75) is 12.6 Å². The third-order valence-corrected chi connectivity index (χ3v) is 3.66. The maximum Gasteiger partial charge on any atom is 0.352 e. The summed E-state index contributed by atoms with van der Waals surface area (Å²) in [6, 6.07) is 5.11. The second kappa shape index (κ2) is 5.76. The summed E-state index contributed by atoms with van der Waals surface area (Å²) in [7, 11) is 0. The first-order valence-corrected chi connectivity index (χ1v) is 6.73. The summed E-state index contributed by atoms with van der Waals surface area (Å²) in [6.45, 7) is 1.89. The van der Waals surface area contributed by atoms with Crippen LogP contribution in [-0.2, 0) is 11.3 Å². The number of hydrogen-bond acceptors (Lipinski definition) is 6. The molecule has 2 aromatic rings. The van der Waals surface area contributed by atoms with Gasteiger partial charge in [-0.2, -0.15) is 4.40 Å². The molecule has 0 saturated carbocycles. The first-order chi connectivity index (χ1) is 10.2. The summed E-state index contributed by atoms with van der Waals surface area (Å²) in [5.74, 6) is -0.0196. The van der Waals surface area contributed by atoms with E-state index < -0.39 is 4.92 Å². The summed E-state index contributed by atoms with van der Waals surface area (Å²) in [4.78, 5) is 17.3. The van der Waals surface area contributed by atoms with Crippen LogP contribution in [0.4, 0.5) is 5.82 Å². The van der Waals surface area contributed by atoms with E-state index in [1.54, 1.807) is 24.4 Å². The zero-order chi connectivity index (χ0) is 14.8. The Bertz CT molecular complexity index is 657. The van der Waals surface area contributed by atoms with Crippen molar-refractivity contribution in [3.8, 4) is 0 Å². The number of hydrogen-bond donors (Lipinski definition) is 1. The third kappa shape index (κ3) is 2.60. The number of morpholine rings is 1. The first-order valence-electron chi connectivity index (χ1n) is 6.73. The van der Waals surface area contributed by atoms with E-state index in [2.05, 4.69) is 4.98 Å². The Morgan fingerprint density at radius 2 is 2.38 bits per heavy atom. The van der Waals surface area contributed by atoms with Crippen LogP contribution < -0.4 is 0 Å². The molecule has 0 aromatic carbocycles. The van der Waals surface area contributed by atoms with E-state index in [4.69, 9.17) is 4.74 Å². The molecule has 112 valence electrons. The maximum absolute atomic E-state index is 11.3. The van der Waals surface area contributed by atoms with Crippen LogP contribution in [0, 0.1) is 10.1 Å². The minimum Gasteiger partial charge on any atom is -0.395 e. The number of nitro groups is 1. The molecule has 8 nitrogen and oxygen atoms in total. The Balaban J connectivity index is 1.96. The summed E-state index contributed by atoms with van der Waals surface area (Å²) in [5.41, 5.74) is 0.958. The van der Waals surface area contributed by atoms with Crippen LogP contribution >= 0.6 is 0 Å². The molecule has 0 radical (unpaired) electrons. The van der Waals surface area contributed by atoms with Gasteiger partial charge in [0.1, 0.15) is 0 Å². The van der Waals surface area contributed by atoms with Crippen molar-refractivity contribution in [3.63, 3.8) is 0 Å². The number of ether oxygens (including phenoxy) is 1. The number of aliphatic hydroxyl groups is 1. The molecule has 0 aliphatic carbocycles. The van der Waals surface area contributed by atoms with Crippen molar-refractivity contribution in [2.24, 2.45) is 0 Å². The van der Waals surface area contributed by atoms with Gasteiger partial charge in [-0.15, -0.1) is 0 Å². The monoisotopic (exact) mass is 292 g/mol. The molecule has 1 atom stereocenters. The normalized spacial score (nSPS) is 20.0. The molecule has 2 aromatic heterocycles. The van der Waals surface area contributed by atoms with Gasteiger partial charge in [0, 0.05) is 19.2 Å². The van der Waals surface area contributed by atoms with Crippen LogP contribution in [0.15, 0.2) is 24.4 Å².